The Morgan fingerprint density at radius 3 is 1.49 bits per heavy atom. The zero-order chi connectivity index (χ0) is 48.7. The minimum absolute atomic E-state index is 0. The summed E-state index contributed by atoms with van der Waals surface area (Å²) in [6, 6.07) is 25.3. The van der Waals surface area contributed by atoms with Crippen molar-refractivity contribution < 1.29 is 33.2 Å². The molecule has 7 aromatic rings. The fourth-order valence-electron chi connectivity index (χ4n) is 9.40. The predicted molar refractivity (Wildman–Crippen MR) is 272 cm³/mol. The van der Waals surface area contributed by atoms with Crippen LogP contribution in [0.3, 0.4) is 0 Å². The average molecular weight is 1010 g/mol. The average Bonchev–Trinajstić information content (AvgIpc) is 4.21. The van der Waals surface area contributed by atoms with Gasteiger partial charge in [0.1, 0.15) is 36.1 Å². The van der Waals surface area contributed by atoms with Crippen LogP contribution in [-0.2, 0) is 41.5 Å². The molecule has 4 saturated heterocycles. The first kappa shape index (κ1) is 50.1. The summed E-state index contributed by atoms with van der Waals surface area (Å²) in [4.78, 5) is 30.0. The molecule has 0 radical (unpaired) electrons. The Morgan fingerprint density at radius 2 is 1.03 bits per heavy atom. The van der Waals surface area contributed by atoms with Crippen LogP contribution < -0.4 is 10.6 Å². The van der Waals surface area contributed by atoms with E-state index in [1.165, 1.54) is 0 Å². The predicted octanol–water partition coefficient (Wildman–Crippen LogP) is 10.5. The smallest absolute Gasteiger partial charge is 0.196 e. The zero-order valence-electron chi connectivity index (χ0n) is 39.5. The number of fused-ring (bicyclic) bond motifs is 4. The van der Waals surface area contributed by atoms with Crippen LogP contribution in [0.25, 0.3) is 34.2 Å². The lowest BCUT2D eigenvalue weighted by molar-refractivity contribution is -0.198. The normalized spacial score (nSPS) is 24.9. The Balaban J connectivity index is 0.000000176. The lowest BCUT2D eigenvalue weighted by Gasteiger charge is -2.24. The van der Waals surface area contributed by atoms with Gasteiger partial charge in [-0.1, -0.05) is 117 Å². The molecule has 11 rings (SSSR count). The van der Waals surface area contributed by atoms with E-state index < -0.39 is 24.0 Å². The molecule has 71 heavy (non-hydrogen) atoms. The monoisotopic (exact) mass is 1000 g/mol. The molecule has 372 valence electrons. The first-order valence-corrected chi connectivity index (χ1v) is 24.2. The number of ether oxygens (including phenoxy) is 6. The number of benzene rings is 3. The SMILES string of the molecule is C.CC[C@H]1O[C@@H](n2ncc3c(NCc4ccccc4Cl)nc(/C=C/c4ccccc4)nc32)[C@@H]2OC(C)(C)O[C@@H]21.CC[C@H]1O[C@@H](n2ncc3c(NCc4ccccc4Cl)nc(C=O)nc32)[C@@H]2OC(C)(C)O[C@@H]21. The van der Waals surface area contributed by atoms with Crippen LogP contribution >= 0.6 is 23.2 Å². The summed E-state index contributed by atoms with van der Waals surface area (Å²) < 4.78 is 40.8. The summed E-state index contributed by atoms with van der Waals surface area (Å²) in [6.45, 7) is 12.7. The molecule has 0 bridgehead atoms. The van der Waals surface area contributed by atoms with E-state index in [-0.39, 0.29) is 49.9 Å². The molecule has 17 nitrogen and oxygen atoms in total. The molecule has 4 fully saturated rings. The van der Waals surface area contributed by atoms with Crippen molar-refractivity contribution in [3.8, 4) is 0 Å². The van der Waals surface area contributed by atoms with E-state index in [2.05, 4.69) is 32.6 Å². The molecule has 4 aliphatic heterocycles. The lowest BCUT2D eigenvalue weighted by Crippen LogP contribution is -2.28. The maximum absolute atomic E-state index is 11.6. The standard InChI is InChI=1S/C29H30ClN5O3.C22H24ClN5O4.CH4/c1-4-22-24-25(38-29(2,3)37-24)28(36-22)35-27-20(17-32-35)26(31-16-19-12-8-9-13-21(19)30)33-23(34-27)15-14-18-10-6-5-7-11-18;1-4-15-17-18(32-22(2,3)31-17)21(30-15)28-20-13(10-25-28)19(26-16(11-29)27-20)24-9-12-7-5-6-8-14(12)23;/h5-15,17,22,24-25,28H,4,16H2,1-3H3,(H,31,33,34);5-8,10-11,15,17-18,21H,4,9H2,1-3H3,(H,24,26,27);1H4/b15-14+;;/t22-,24-,25-,28-;15-,17-,18-,21-;/m11./s1. The van der Waals surface area contributed by atoms with Crippen molar-refractivity contribution in [2.75, 3.05) is 10.6 Å². The Kier molecular flexibility index (Phi) is 14.6. The van der Waals surface area contributed by atoms with Crippen LogP contribution in [0.1, 0.15) is 107 Å². The number of carbonyl (C=O) groups excluding carboxylic acids is 1. The quantitative estimate of drug-likeness (QED) is 0.104. The minimum Gasteiger partial charge on any atom is -0.365 e. The molecular formula is C52H58Cl2N10O7. The van der Waals surface area contributed by atoms with E-state index in [1.807, 2.05) is 126 Å². The van der Waals surface area contributed by atoms with E-state index in [1.54, 1.807) is 21.8 Å². The number of hydrogen-bond acceptors (Lipinski definition) is 15. The molecule has 0 saturated carbocycles. The van der Waals surface area contributed by atoms with E-state index in [9.17, 15) is 4.79 Å². The number of anilines is 2. The van der Waals surface area contributed by atoms with Crippen LogP contribution in [0.15, 0.2) is 91.3 Å². The van der Waals surface area contributed by atoms with Gasteiger partial charge in [0.2, 0.25) is 0 Å². The third-order valence-corrected chi connectivity index (χ3v) is 13.4. The van der Waals surface area contributed by atoms with Crippen LogP contribution in [0, 0.1) is 0 Å². The highest BCUT2D eigenvalue weighted by atomic mass is 35.5. The highest BCUT2D eigenvalue weighted by Crippen LogP contribution is 2.46. The van der Waals surface area contributed by atoms with Crippen molar-refractivity contribution in [2.45, 2.75) is 136 Å². The van der Waals surface area contributed by atoms with Gasteiger partial charge < -0.3 is 39.1 Å². The van der Waals surface area contributed by atoms with Gasteiger partial charge in [-0.3, -0.25) is 4.79 Å². The number of nitrogens with zero attached hydrogens (tertiary/aromatic N) is 8. The summed E-state index contributed by atoms with van der Waals surface area (Å²) in [5.74, 6) is 0.363. The molecule has 4 aromatic heterocycles. The van der Waals surface area contributed by atoms with Crippen LogP contribution in [0.2, 0.25) is 10.0 Å². The highest BCUT2D eigenvalue weighted by Gasteiger charge is 2.57. The summed E-state index contributed by atoms with van der Waals surface area (Å²) in [6.07, 6.45) is 7.29. The first-order chi connectivity index (χ1) is 33.8. The number of aldehydes is 1. The topological polar surface area (TPSA) is 184 Å². The third-order valence-electron chi connectivity index (χ3n) is 12.6. The van der Waals surface area contributed by atoms with E-state index in [4.69, 9.17) is 66.7 Å². The second-order valence-corrected chi connectivity index (χ2v) is 19.2. The summed E-state index contributed by atoms with van der Waals surface area (Å²) in [5, 5.41) is 18.7. The number of nitrogens with one attached hydrogen (secondary N) is 2. The van der Waals surface area contributed by atoms with Crippen molar-refractivity contribution >= 4 is 75.3 Å². The van der Waals surface area contributed by atoms with Gasteiger partial charge in [0.25, 0.3) is 0 Å². The van der Waals surface area contributed by atoms with Crippen molar-refractivity contribution in [1.82, 2.24) is 39.5 Å². The zero-order valence-corrected chi connectivity index (χ0v) is 41.0. The van der Waals surface area contributed by atoms with Gasteiger partial charge in [-0.15, -0.1) is 0 Å². The minimum atomic E-state index is -0.710. The van der Waals surface area contributed by atoms with Gasteiger partial charge in [0.05, 0.1) is 35.4 Å². The van der Waals surface area contributed by atoms with E-state index in [0.29, 0.717) is 63.6 Å². The molecule has 3 aromatic carbocycles. The molecule has 0 aliphatic carbocycles. The molecule has 8 atom stereocenters. The second-order valence-electron chi connectivity index (χ2n) is 18.3. The maximum Gasteiger partial charge on any atom is 0.196 e. The van der Waals surface area contributed by atoms with Crippen molar-refractivity contribution in [3.63, 3.8) is 0 Å². The van der Waals surface area contributed by atoms with Crippen LogP contribution in [0.5, 0.6) is 0 Å². The van der Waals surface area contributed by atoms with Crippen LogP contribution in [0.4, 0.5) is 11.6 Å². The molecule has 0 unspecified atom stereocenters. The molecule has 0 amide bonds. The third kappa shape index (κ3) is 10.3. The Morgan fingerprint density at radius 1 is 0.592 bits per heavy atom. The van der Waals surface area contributed by atoms with Gasteiger partial charge in [-0.05, 0) is 75.4 Å². The van der Waals surface area contributed by atoms with Gasteiger partial charge in [-0.25, -0.2) is 29.3 Å². The molecular weight excluding hydrogens is 948 g/mol. The van der Waals surface area contributed by atoms with Crippen molar-refractivity contribution in [3.05, 3.63) is 130 Å². The second kappa shape index (κ2) is 20.7. The largest absolute Gasteiger partial charge is 0.365 e. The summed E-state index contributed by atoms with van der Waals surface area (Å²) in [5.41, 5.74) is 4.08. The number of rotatable bonds is 13. The van der Waals surface area contributed by atoms with E-state index in [0.717, 1.165) is 34.9 Å². The van der Waals surface area contributed by atoms with Gasteiger partial charge in [-0.2, -0.15) is 10.2 Å². The van der Waals surface area contributed by atoms with Crippen molar-refractivity contribution in [1.29, 1.82) is 0 Å². The molecule has 19 heteroatoms. The fraction of sp³-hybridized carbons (Fsp3) is 0.404. The fourth-order valence-corrected chi connectivity index (χ4v) is 9.80. The van der Waals surface area contributed by atoms with Crippen molar-refractivity contribution in [2.24, 2.45) is 0 Å². The maximum atomic E-state index is 11.6. The Hall–Kier alpha value is -5.89. The highest BCUT2D eigenvalue weighted by molar-refractivity contribution is 6.31. The number of halogens is 2. The molecule has 8 heterocycles. The van der Waals surface area contributed by atoms with Gasteiger partial charge in [0, 0.05) is 23.1 Å². The van der Waals surface area contributed by atoms with Gasteiger partial charge in [0.15, 0.2) is 53.3 Å². The molecule has 4 aliphatic rings. The molecule has 2 N–H and O–H groups in total. The molecule has 0 spiro atoms. The van der Waals surface area contributed by atoms with E-state index >= 15 is 0 Å². The number of hydrogen-bond donors (Lipinski definition) is 2. The summed E-state index contributed by atoms with van der Waals surface area (Å²) >= 11 is 12.7. The number of aromatic nitrogens is 8. The first-order valence-electron chi connectivity index (χ1n) is 23.5. The Labute approximate surface area is 422 Å². The van der Waals surface area contributed by atoms with Gasteiger partial charge >= 0.3 is 0 Å². The lowest BCUT2D eigenvalue weighted by atomic mass is 10.1. The Bertz CT molecular complexity index is 3040. The number of carbonyl (C=O) groups is 1. The van der Waals surface area contributed by atoms with Crippen LogP contribution in [-0.4, -0.2) is 94.0 Å². The summed E-state index contributed by atoms with van der Waals surface area (Å²) in [7, 11) is 0.